The highest BCUT2D eigenvalue weighted by atomic mass is 19.2. The molecular weight excluding hydrogens is 165 g/mol. The zero-order chi connectivity index (χ0) is 8.97. The molecule has 0 aliphatic rings. The molecular formula is C7H8FNO3. The van der Waals surface area contributed by atoms with E-state index in [0.717, 1.165) is 5.54 Å². The first kappa shape index (κ1) is 8.73. The molecule has 66 valence electrons. The maximum atomic E-state index is 11.4. The quantitative estimate of drug-likeness (QED) is 0.661. The average Bonchev–Trinajstić information content (AvgIpc) is 2.56. The predicted octanol–water partition coefficient (Wildman–Crippen LogP) is 0.704. The standard InChI is InChI=1S/C7H8FNO3/c8-9-7(11)4-5(10)6-2-1-3-12-6/h1-3,5,10H,4H2,(H,9,11). The van der Waals surface area contributed by atoms with Crippen molar-refractivity contribution < 1.29 is 18.8 Å². The number of aliphatic hydroxyl groups is 1. The van der Waals surface area contributed by atoms with Gasteiger partial charge >= 0.3 is 0 Å². The molecule has 0 saturated heterocycles. The SMILES string of the molecule is O=C(CC(O)c1ccco1)NF. The fourth-order valence-electron chi connectivity index (χ4n) is 0.796. The van der Waals surface area contributed by atoms with Gasteiger partial charge in [0.2, 0.25) is 0 Å². The van der Waals surface area contributed by atoms with E-state index in [0.29, 0.717) is 0 Å². The highest BCUT2D eigenvalue weighted by molar-refractivity contribution is 5.75. The zero-order valence-electron chi connectivity index (χ0n) is 6.16. The van der Waals surface area contributed by atoms with Crippen molar-refractivity contribution in [1.29, 1.82) is 0 Å². The summed E-state index contributed by atoms with van der Waals surface area (Å²) >= 11 is 0. The van der Waals surface area contributed by atoms with Gasteiger partial charge in [-0.05, 0) is 12.1 Å². The van der Waals surface area contributed by atoms with Gasteiger partial charge in [0.1, 0.15) is 11.9 Å². The van der Waals surface area contributed by atoms with Crippen LogP contribution in [0.1, 0.15) is 18.3 Å². The summed E-state index contributed by atoms with van der Waals surface area (Å²) in [4.78, 5) is 10.4. The van der Waals surface area contributed by atoms with Gasteiger partial charge in [0.25, 0.3) is 5.91 Å². The maximum Gasteiger partial charge on any atom is 0.250 e. The summed E-state index contributed by atoms with van der Waals surface area (Å²) in [6, 6.07) is 3.09. The van der Waals surface area contributed by atoms with E-state index in [1.54, 1.807) is 6.07 Å². The van der Waals surface area contributed by atoms with Crippen molar-refractivity contribution in [2.24, 2.45) is 0 Å². The van der Waals surface area contributed by atoms with E-state index in [1.807, 2.05) is 0 Å². The zero-order valence-corrected chi connectivity index (χ0v) is 6.16. The van der Waals surface area contributed by atoms with Gasteiger partial charge in [-0.2, -0.15) is 5.54 Å². The van der Waals surface area contributed by atoms with Crippen LogP contribution in [-0.4, -0.2) is 11.0 Å². The summed E-state index contributed by atoms with van der Waals surface area (Å²) in [5, 5.41) is 9.19. The predicted molar refractivity (Wildman–Crippen MR) is 37.5 cm³/mol. The molecule has 1 heterocycles. The molecule has 1 aromatic rings. The third-order valence-corrected chi connectivity index (χ3v) is 1.36. The Morgan fingerprint density at radius 3 is 3.08 bits per heavy atom. The number of carbonyl (C=O) groups excluding carboxylic acids is 1. The molecule has 1 rings (SSSR count). The molecule has 5 heteroatoms. The van der Waals surface area contributed by atoms with Crippen LogP contribution in [0.5, 0.6) is 0 Å². The minimum atomic E-state index is -1.09. The number of amides is 1. The molecule has 0 aromatic carbocycles. The maximum absolute atomic E-state index is 11.4. The molecule has 1 unspecified atom stereocenters. The number of aliphatic hydroxyl groups excluding tert-OH is 1. The summed E-state index contributed by atoms with van der Waals surface area (Å²) < 4.78 is 16.2. The third-order valence-electron chi connectivity index (χ3n) is 1.36. The normalized spacial score (nSPS) is 12.5. The average molecular weight is 173 g/mol. The van der Waals surface area contributed by atoms with Crippen LogP contribution in [0, 0.1) is 0 Å². The first-order chi connectivity index (χ1) is 5.74. The molecule has 1 atom stereocenters. The van der Waals surface area contributed by atoms with Crippen molar-refractivity contribution in [3.05, 3.63) is 24.2 Å². The van der Waals surface area contributed by atoms with E-state index < -0.39 is 12.0 Å². The van der Waals surface area contributed by atoms with Crippen molar-refractivity contribution in [2.75, 3.05) is 0 Å². The van der Waals surface area contributed by atoms with E-state index in [4.69, 9.17) is 4.42 Å². The molecule has 0 spiro atoms. The molecule has 0 aliphatic carbocycles. The monoisotopic (exact) mass is 173 g/mol. The first-order valence-electron chi connectivity index (χ1n) is 3.35. The molecule has 0 radical (unpaired) electrons. The summed E-state index contributed by atoms with van der Waals surface area (Å²) in [7, 11) is 0. The minimum Gasteiger partial charge on any atom is -0.467 e. The molecule has 0 aliphatic heterocycles. The Labute approximate surface area is 67.9 Å². The number of halogens is 1. The fraction of sp³-hybridized carbons (Fsp3) is 0.286. The van der Waals surface area contributed by atoms with Crippen molar-refractivity contribution in [2.45, 2.75) is 12.5 Å². The Kier molecular flexibility index (Phi) is 2.82. The van der Waals surface area contributed by atoms with Gasteiger partial charge < -0.3 is 9.52 Å². The lowest BCUT2D eigenvalue weighted by molar-refractivity contribution is -0.127. The summed E-state index contributed by atoms with van der Waals surface area (Å²) in [5.74, 6) is -0.627. The topological polar surface area (TPSA) is 62.5 Å². The van der Waals surface area contributed by atoms with Gasteiger partial charge in [-0.1, -0.05) is 0 Å². The second-order valence-electron chi connectivity index (χ2n) is 2.25. The first-order valence-corrected chi connectivity index (χ1v) is 3.35. The van der Waals surface area contributed by atoms with Crippen molar-refractivity contribution in [1.82, 2.24) is 5.54 Å². The molecule has 1 amide bonds. The van der Waals surface area contributed by atoms with Crippen molar-refractivity contribution in [3.63, 3.8) is 0 Å². The summed E-state index contributed by atoms with van der Waals surface area (Å²) in [6.07, 6.45) is -0.0635. The van der Waals surface area contributed by atoms with Gasteiger partial charge in [-0.15, -0.1) is 4.48 Å². The lowest BCUT2D eigenvalue weighted by Crippen LogP contribution is -2.16. The second kappa shape index (κ2) is 3.87. The van der Waals surface area contributed by atoms with Gasteiger partial charge in [0, 0.05) is 0 Å². The third kappa shape index (κ3) is 2.06. The van der Waals surface area contributed by atoms with E-state index in [9.17, 15) is 14.4 Å². The molecule has 4 nitrogen and oxygen atoms in total. The van der Waals surface area contributed by atoms with Gasteiger partial charge in [-0.25, -0.2) is 0 Å². The van der Waals surface area contributed by atoms with Crippen molar-refractivity contribution in [3.8, 4) is 0 Å². The van der Waals surface area contributed by atoms with Crippen LogP contribution in [-0.2, 0) is 4.79 Å². The van der Waals surface area contributed by atoms with Gasteiger partial charge in [0.05, 0.1) is 12.7 Å². The summed E-state index contributed by atoms with van der Waals surface area (Å²) in [6.45, 7) is 0. The summed E-state index contributed by atoms with van der Waals surface area (Å²) in [5.41, 5.74) is 0.917. The van der Waals surface area contributed by atoms with Crippen LogP contribution in [0.25, 0.3) is 0 Å². The lowest BCUT2D eigenvalue weighted by atomic mass is 10.2. The number of carbonyl (C=O) groups is 1. The van der Waals surface area contributed by atoms with Gasteiger partial charge in [-0.3, -0.25) is 4.79 Å². The van der Waals surface area contributed by atoms with Crippen LogP contribution in [0.2, 0.25) is 0 Å². The highest BCUT2D eigenvalue weighted by Crippen LogP contribution is 2.16. The molecule has 1 aromatic heterocycles. The molecule has 12 heavy (non-hydrogen) atoms. The Morgan fingerprint density at radius 2 is 2.58 bits per heavy atom. The second-order valence-corrected chi connectivity index (χ2v) is 2.25. The molecule has 0 fully saturated rings. The smallest absolute Gasteiger partial charge is 0.250 e. The number of hydrogen-bond donors (Lipinski definition) is 2. The highest BCUT2D eigenvalue weighted by Gasteiger charge is 2.14. The molecule has 2 N–H and O–H groups in total. The van der Waals surface area contributed by atoms with Gasteiger partial charge in [0.15, 0.2) is 0 Å². The Bertz CT molecular complexity index is 247. The Morgan fingerprint density at radius 1 is 1.83 bits per heavy atom. The van der Waals surface area contributed by atoms with E-state index in [-0.39, 0.29) is 12.2 Å². The number of hydrogen-bond acceptors (Lipinski definition) is 3. The largest absolute Gasteiger partial charge is 0.467 e. The van der Waals surface area contributed by atoms with E-state index >= 15 is 0 Å². The van der Waals surface area contributed by atoms with Crippen LogP contribution < -0.4 is 5.54 Å². The van der Waals surface area contributed by atoms with Crippen LogP contribution in [0.4, 0.5) is 4.48 Å². The lowest BCUT2D eigenvalue weighted by Gasteiger charge is -2.03. The van der Waals surface area contributed by atoms with E-state index in [2.05, 4.69) is 0 Å². The van der Waals surface area contributed by atoms with Crippen molar-refractivity contribution >= 4 is 5.91 Å². The fourth-order valence-corrected chi connectivity index (χ4v) is 0.796. The number of rotatable bonds is 3. The van der Waals surface area contributed by atoms with Crippen LogP contribution >= 0.6 is 0 Å². The van der Waals surface area contributed by atoms with E-state index in [1.165, 1.54) is 12.3 Å². The van der Waals surface area contributed by atoms with Crippen LogP contribution in [0.15, 0.2) is 22.8 Å². The molecule has 0 bridgehead atoms. The molecule has 0 saturated carbocycles. The Hall–Kier alpha value is -1.36. The Balaban J connectivity index is 2.49. The minimum absolute atomic E-state index is 0.249. The number of furan rings is 1. The number of nitrogens with one attached hydrogen (secondary N) is 1. The van der Waals surface area contributed by atoms with Crippen LogP contribution in [0.3, 0.4) is 0 Å².